The van der Waals surface area contributed by atoms with Crippen LogP contribution >= 0.6 is 11.6 Å². The number of hydrogen-bond acceptors (Lipinski definition) is 7. The Balaban J connectivity index is 1.68. The van der Waals surface area contributed by atoms with Gasteiger partial charge in [0, 0.05) is 41.0 Å². The van der Waals surface area contributed by atoms with Crippen molar-refractivity contribution in [3.8, 4) is 0 Å². The van der Waals surface area contributed by atoms with Crippen molar-refractivity contribution in [2.75, 3.05) is 0 Å². The highest BCUT2D eigenvalue weighted by Gasteiger charge is 2.73. The van der Waals surface area contributed by atoms with Gasteiger partial charge in [-0.2, -0.15) is 8.42 Å². The fourth-order valence-corrected chi connectivity index (χ4v) is 9.19. The Bertz CT molecular complexity index is 1170. The zero-order valence-electron chi connectivity index (χ0n) is 19.5. The molecule has 186 valence electrons. The summed E-state index contributed by atoms with van der Waals surface area (Å²) in [6.45, 7) is 6.52. The maximum absolute atomic E-state index is 13.1. The van der Waals surface area contributed by atoms with E-state index in [1.165, 1.54) is 13.8 Å². The fourth-order valence-electron chi connectivity index (χ4n) is 8.29. The summed E-state index contributed by atoms with van der Waals surface area (Å²) in [7, 11) is -4.85. The average molecular weight is 513 g/mol. The molecule has 0 amide bonds. The Labute approximate surface area is 204 Å². The van der Waals surface area contributed by atoms with Crippen molar-refractivity contribution >= 4 is 39.5 Å². The second-order valence-corrected chi connectivity index (χ2v) is 12.6. The van der Waals surface area contributed by atoms with Gasteiger partial charge in [0.05, 0.1) is 6.10 Å². The third kappa shape index (κ3) is 3.09. The summed E-state index contributed by atoms with van der Waals surface area (Å²) in [4.78, 5) is 37.6. The number of carbonyl (C=O) groups is 3. The number of fused-ring (bicyclic) bond motifs is 7. The number of rotatable bonds is 4. The molecule has 1 N–H and O–H groups in total. The SMILES string of the molecule is CC(=O)O[C@]1(C(C)=O)C[C@@H](OS(=O)(=O)O)C2C3C=C(Cl)C4=CC(=O)[C@@H]5C[C@@H]5[C@]4(C)C3CC[C@@]21C. The lowest BCUT2D eigenvalue weighted by molar-refractivity contribution is -0.185. The minimum atomic E-state index is -4.85. The molecule has 34 heavy (non-hydrogen) atoms. The van der Waals surface area contributed by atoms with Crippen LogP contribution in [0.3, 0.4) is 0 Å². The zero-order valence-corrected chi connectivity index (χ0v) is 21.1. The van der Waals surface area contributed by atoms with Crippen molar-refractivity contribution in [1.82, 2.24) is 0 Å². The van der Waals surface area contributed by atoms with Gasteiger partial charge in [-0.15, -0.1) is 0 Å². The normalized spacial score (nSPS) is 46.8. The Kier molecular flexibility index (Phi) is 5.15. The number of ketones is 2. The molecule has 5 rings (SSSR count). The van der Waals surface area contributed by atoms with Gasteiger partial charge < -0.3 is 4.74 Å². The van der Waals surface area contributed by atoms with Crippen LogP contribution < -0.4 is 0 Å². The van der Waals surface area contributed by atoms with E-state index >= 15 is 0 Å². The first-order valence-electron chi connectivity index (χ1n) is 11.7. The third-order valence-electron chi connectivity index (χ3n) is 9.69. The molecule has 3 fully saturated rings. The van der Waals surface area contributed by atoms with Crippen LogP contribution in [0.4, 0.5) is 0 Å². The van der Waals surface area contributed by atoms with E-state index in [0.717, 1.165) is 12.0 Å². The summed E-state index contributed by atoms with van der Waals surface area (Å²) in [6.07, 6.45) is 4.20. The Morgan fingerprint density at radius 2 is 1.88 bits per heavy atom. The van der Waals surface area contributed by atoms with E-state index in [1.807, 2.05) is 13.0 Å². The lowest BCUT2D eigenvalue weighted by Crippen LogP contribution is -2.59. The molecule has 3 unspecified atom stereocenters. The molecule has 0 saturated heterocycles. The predicted molar refractivity (Wildman–Crippen MR) is 121 cm³/mol. The quantitative estimate of drug-likeness (QED) is 0.449. The van der Waals surface area contributed by atoms with Crippen molar-refractivity contribution in [3.63, 3.8) is 0 Å². The van der Waals surface area contributed by atoms with Crippen molar-refractivity contribution < 1.29 is 36.3 Å². The molecule has 10 heteroatoms. The minimum absolute atomic E-state index is 0.0175. The lowest BCUT2D eigenvalue weighted by Gasteiger charge is -2.58. The second kappa shape index (κ2) is 7.24. The molecule has 9 atom stereocenters. The first kappa shape index (κ1) is 24.2. The first-order valence-corrected chi connectivity index (χ1v) is 13.4. The Morgan fingerprint density at radius 1 is 1.21 bits per heavy atom. The zero-order chi connectivity index (χ0) is 25.0. The smallest absolute Gasteiger partial charge is 0.397 e. The molecule has 8 nitrogen and oxygen atoms in total. The second-order valence-electron chi connectivity index (χ2n) is 11.1. The van der Waals surface area contributed by atoms with Gasteiger partial charge >= 0.3 is 16.4 Å². The van der Waals surface area contributed by atoms with E-state index in [0.29, 0.717) is 17.9 Å². The van der Waals surface area contributed by atoms with Gasteiger partial charge in [-0.1, -0.05) is 31.5 Å². The topological polar surface area (TPSA) is 124 Å². The number of allylic oxidation sites excluding steroid dienone is 4. The molecule has 5 aliphatic rings. The third-order valence-corrected chi connectivity index (χ3v) is 10.5. The van der Waals surface area contributed by atoms with Gasteiger partial charge in [-0.3, -0.25) is 18.9 Å². The van der Waals surface area contributed by atoms with E-state index in [-0.39, 0.29) is 41.3 Å². The summed E-state index contributed by atoms with van der Waals surface area (Å²) in [5, 5.41) is 0.449. The van der Waals surface area contributed by atoms with Crippen LogP contribution in [0.15, 0.2) is 22.8 Å². The number of ether oxygens (including phenoxy) is 1. The molecule has 0 aliphatic heterocycles. The van der Waals surface area contributed by atoms with Crippen LogP contribution in [-0.2, 0) is 33.7 Å². The summed E-state index contributed by atoms with van der Waals surface area (Å²) in [5.41, 5.74) is -2.08. The molecular weight excluding hydrogens is 484 g/mol. The van der Waals surface area contributed by atoms with Crippen LogP contribution in [0.2, 0.25) is 0 Å². The van der Waals surface area contributed by atoms with Crippen molar-refractivity contribution in [1.29, 1.82) is 0 Å². The number of esters is 1. The number of hydrogen-bond donors (Lipinski definition) is 1. The van der Waals surface area contributed by atoms with Gasteiger partial charge in [0.15, 0.2) is 17.2 Å². The molecule has 0 radical (unpaired) electrons. The molecule has 5 aliphatic carbocycles. The van der Waals surface area contributed by atoms with E-state index in [2.05, 4.69) is 6.92 Å². The molecule has 0 aromatic carbocycles. The number of Topliss-reactive ketones (excluding diaryl/α,β-unsaturated/α-hetero) is 1. The predicted octanol–water partition coefficient (Wildman–Crippen LogP) is 3.41. The van der Waals surface area contributed by atoms with Crippen molar-refractivity contribution in [3.05, 3.63) is 22.8 Å². The highest BCUT2D eigenvalue weighted by atomic mass is 35.5. The van der Waals surface area contributed by atoms with Crippen LogP contribution in [0, 0.1) is 40.4 Å². The molecule has 0 spiro atoms. The number of carbonyl (C=O) groups excluding carboxylic acids is 3. The monoisotopic (exact) mass is 512 g/mol. The first-order chi connectivity index (χ1) is 15.7. The molecule has 0 aromatic rings. The van der Waals surface area contributed by atoms with Gasteiger partial charge in [0.1, 0.15) is 0 Å². The summed E-state index contributed by atoms with van der Waals surface area (Å²) < 4.78 is 44.1. The molecular formula is C24H29ClO8S. The standard InChI is InChI=1S/C24H29ClO8S/c1-11(26)24(32-12(2)27)10-20(33-34(29,30)31)21-14-8-18(25)17-9-19(28)13-7-16(13)23(17,4)15(14)5-6-22(21,24)3/h8-9,13-16,20-21H,5-7,10H2,1-4H3,(H,29,30,31)/t13-,14?,15?,16+,20-,21?,22+,23+,24+/m1/s1. The van der Waals surface area contributed by atoms with Crippen LogP contribution in [0.5, 0.6) is 0 Å². The van der Waals surface area contributed by atoms with E-state index < -0.39 is 45.2 Å². The molecule has 0 heterocycles. The van der Waals surface area contributed by atoms with E-state index in [1.54, 1.807) is 6.08 Å². The van der Waals surface area contributed by atoms with E-state index in [4.69, 9.17) is 20.5 Å². The lowest BCUT2D eigenvalue weighted by atomic mass is 9.47. The van der Waals surface area contributed by atoms with Gasteiger partial charge in [-0.25, -0.2) is 4.18 Å². The van der Waals surface area contributed by atoms with E-state index in [9.17, 15) is 27.4 Å². The highest BCUT2D eigenvalue weighted by Crippen LogP contribution is 2.72. The van der Waals surface area contributed by atoms with Gasteiger partial charge in [0.2, 0.25) is 0 Å². The minimum Gasteiger partial charge on any atom is -0.451 e. The molecule has 0 bridgehead atoms. The molecule has 0 aromatic heterocycles. The van der Waals surface area contributed by atoms with Gasteiger partial charge in [0.25, 0.3) is 0 Å². The van der Waals surface area contributed by atoms with Gasteiger partial charge in [-0.05, 0) is 55.6 Å². The maximum Gasteiger partial charge on any atom is 0.397 e. The Morgan fingerprint density at radius 3 is 2.47 bits per heavy atom. The van der Waals surface area contributed by atoms with Crippen LogP contribution in [0.1, 0.15) is 53.4 Å². The van der Waals surface area contributed by atoms with Crippen LogP contribution in [0.25, 0.3) is 0 Å². The summed E-state index contributed by atoms with van der Waals surface area (Å²) in [6, 6.07) is 0. The summed E-state index contributed by atoms with van der Waals surface area (Å²) >= 11 is 6.76. The van der Waals surface area contributed by atoms with Crippen molar-refractivity contribution in [2.24, 2.45) is 40.4 Å². The largest absolute Gasteiger partial charge is 0.451 e. The maximum atomic E-state index is 13.1. The Hall–Kier alpha value is -1.55. The van der Waals surface area contributed by atoms with Crippen LogP contribution in [-0.4, -0.2) is 42.2 Å². The number of halogens is 1. The molecule has 3 saturated carbocycles. The highest BCUT2D eigenvalue weighted by molar-refractivity contribution is 7.80. The average Bonchev–Trinajstić information content (AvgIpc) is 3.46. The van der Waals surface area contributed by atoms with Crippen molar-refractivity contribution in [2.45, 2.75) is 65.1 Å². The fraction of sp³-hybridized carbons (Fsp3) is 0.708. The summed E-state index contributed by atoms with van der Waals surface area (Å²) in [5.74, 6) is -1.64.